The fourth-order valence-electron chi connectivity index (χ4n) is 2.50. The highest BCUT2D eigenvalue weighted by atomic mass is 35.5. The normalized spacial score (nSPS) is 10.4. The van der Waals surface area contributed by atoms with Gasteiger partial charge in [-0.25, -0.2) is 4.79 Å². The zero-order valence-electron chi connectivity index (χ0n) is 14.0. The number of benzene rings is 2. The Morgan fingerprint density at radius 2 is 1.81 bits per heavy atom. The van der Waals surface area contributed by atoms with E-state index in [1.54, 1.807) is 47.3 Å². The van der Waals surface area contributed by atoms with Gasteiger partial charge in [-0.1, -0.05) is 41.9 Å². The molecule has 0 aliphatic heterocycles. The van der Waals surface area contributed by atoms with Crippen LogP contribution in [0.3, 0.4) is 0 Å². The molecule has 2 aromatic carbocycles. The van der Waals surface area contributed by atoms with Crippen molar-refractivity contribution in [1.82, 2.24) is 9.78 Å². The van der Waals surface area contributed by atoms with Crippen molar-refractivity contribution in [1.29, 1.82) is 0 Å². The third kappa shape index (κ3) is 3.92. The molecule has 0 fully saturated rings. The second kappa shape index (κ2) is 7.84. The summed E-state index contributed by atoms with van der Waals surface area (Å²) in [6, 6.07) is 13.9. The third-order valence-electron chi connectivity index (χ3n) is 3.76. The van der Waals surface area contributed by atoms with Gasteiger partial charge in [0.25, 0.3) is 5.91 Å². The molecule has 6 nitrogen and oxygen atoms in total. The highest BCUT2D eigenvalue weighted by molar-refractivity contribution is 6.34. The first-order valence-corrected chi connectivity index (χ1v) is 8.21. The van der Waals surface area contributed by atoms with E-state index in [2.05, 4.69) is 10.4 Å². The van der Waals surface area contributed by atoms with Gasteiger partial charge in [-0.3, -0.25) is 9.48 Å². The SMILES string of the molecule is COC(=O)c1ccccc1Cn1cc(NC(=O)c2ccccc2Cl)cn1. The van der Waals surface area contributed by atoms with Gasteiger partial charge >= 0.3 is 5.97 Å². The highest BCUT2D eigenvalue weighted by Gasteiger charge is 2.13. The second-order valence-corrected chi connectivity index (χ2v) is 5.92. The molecule has 0 aliphatic rings. The molecule has 0 unspecified atom stereocenters. The van der Waals surface area contributed by atoms with Crippen LogP contribution in [0, 0.1) is 0 Å². The first-order valence-electron chi connectivity index (χ1n) is 7.83. The van der Waals surface area contributed by atoms with Crippen molar-refractivity contribution in [2.45, 2.75) is 6.54 Å². The zero-order valence-corrected chi connectivity index (χ0v) is 14.7. The number of methoxy groups -OCH3 is 1. The molecule has 7 heteroatoms. The molecule has 1 amide bonds. The molecular weight excluding hydrogens is 354 g/mol. The zero-order chi connectivity index (χ0) is 18.5. The Morgan fingerprint density at radius 1 is 1.12 bits per heavy atom. The van der Waals surface area contributed by atoms with Gasteiger partial charge in [-0.15, -0.1) is 0 Å². The lowest BCUT2D eigenvalue weighted by Crippen LogP contribution is -2.12. The van der Waals surface area contributed by atoms with E-state index < -0.39 is 5.97 Å². The minimum absolute atomic E-state index is 0.315. The summed E-state index contributed by atoms with van der Waals surface area (Å²) in [5, 5.41) is 7.36. The number of halogens is 1. The lowest BCUT2D eigenvalue weighted by atomic mass is 10.1. The molecule has 0 aliphatic carbocycles. The molecule has 132 valence electrons. The molecule has 0 atom stereocenters. The number of ether oxygens (including phenoxy) is 1. The first kappa shape index (κ1) is 17.7. The van der Waals surface area contributed by atoms with Gasteiger partial charge in [0, 0.05) is 6.20 Å². The maximum atomic E-state index is 12.3. The number of carbonyl (C=O) groups excluding carboxylic acids is 2. The fraction of sp³-hybridized carbons (Fsp3) is 0.105. The van der Waals surface area contributed by atoms with Gasteiger partial charge in [0.15, 0.2) is 0 Å². The van der Waals surface area contributed by atoms with E-state index in [0.29, 0.717) is 28.4 Å². The summed E-state index contributed by atoms with van der Waals surface area (Å²) in [4.78, 5) is 24.1. The van der Waals surface area contributed by atoms with Crippen LogP contribution < -0.4 is 5.32 Å². The van der Waals surface area contributed by atoms with Gasteiger partial charge in [-0.2, -0.15) is 5.10 Å². The van der Waals surface area contributed by atoms with Crippen LogP contribution >= 0.6 is 11.6 Å². The van der Waals surface area contributed by atoms with Crippen molar-refractivity contribution in [3.63, 3.8) is 0 Å². The number of nitrogens with one attached hydrogen (secondary N) is 1. The quantitative estimate of drug-likeness (QED) is 0.697. The maximum Gasteiger partial charge on any atom is 0.338 e. The van der Waals surface area contributed by atoms with Crippen molar-refractivity contribution in [2.24, 2.45) is 0 Å². The number of carbonyl (C=O) groups is 2. The highest BCUT2D eigenvalue weighted by Crippen LogP contribution is 2.18. The largest absolute Gasteiger partial charge is 0.465 e. The van der Waals surface area contributed by atoms with E-state index in [0.717, 1.165) is 5.56 Å². The average molecular weight is 370 g/mol. The number of nitrogens with zero attached hydrogens (tertiary/aromatic N) is 2. The van der Waals surface area contributed by atoms with E-state index in [1.807, 2.05) is 12.1 Å². The number of hydrogen-bond donors (Lipinski definition) is 1. The summed E-state index contributed by atoms with van der Waals surface area (Å²) in [6.45, 7) is 0.368. The summed E-state index contributed by atoms with van der Waals surface area (Å²) < 4.78 is 6.42. The molecule has 0 saturated carbocycles. The van der Waals surface area contributed by atoms with E-state index in [1.165, 1.54) is 13.3 Å². The number of amides is 1. The summed E-state index contributed by atoms with van der Waals surface area (Å²) in [7, 11) is 1.34. The van der Waals surface area contributed by atoms with Gasteiger partial charge in [0.05, 0.1) is 41.7 Å². The molecule has 3 rings (SSSR count). The summed E-state index contributed by atoms with van der Waals surface area (Å²) in [5.74, 6) is -0.717. The first-order chi connectivity index (χ1) is 12.6. The minimum Gasteiger partial charge on any atom is -0.465 e. The van der Waals surface area contributed by atoms with Gasteiger partial charge < -0.3 is 10.1 Å². The van der Waals surface area contributed by atoms with Crippen LogP contribution in [0.1, 0.15) is 26.3 Å². The molecule has 0 spiro atoms. The van der Waals surface area contributed by atoms with Crippen LogP contribution in [-0.2, 0) is 11.3 Å². The molecule has 1 N–H and O–H groups in total. The van der Waals surface area contributed by atoms with Crippen LogP contribution in [-0.4, -0.2) is 28.8 Å². The molecule has 0 bridgehead atoms. The monoisotopic (exact) mass is 369 g/mol. The Kier molecular flexibility index (Phi) is 5.34. The number of aromatic nitrogens is 2. The molecule has 1 aromatic heterocycles. The predicted octanol–water partition coefficient (Wildman–Crippen LogP) is 3.62. The summed E-state index contributed by atoms with van der Waals surface area (Å²) in [6.07, 6.45) is 3.22. The Balaban J connectivity index is 1.74. The number of esters is 1. The third-order valence-corrected chi connectivity index (χ3v) is 4.09. The second-order valence-electron chi connectivity index (χ2n) is 5.51. The molecule has 1 heterocycles. The topological polar surface area (TPSA) is 73.2 Å². The van der Waals surface area contributed by atoms with E-state index in [4.69, 9.17) is 16.3 Å². The van der Waals surface area contributed by atoms with Crippen molar-refractivity contribution in [2.75, 3.05) is 12.4 Å². The predicted molar refractivity (Wildman–Crippen MR) is 98.5 cm³/mol. The van der Waals surface area contributed by atoms with Crippen LogP contribution in [0.5, 0.6) is 0 Å². The molecule has 0 radical (unpaired) electrons. The van der Waals surface area contributed by atoms with Crippen LogP contribution in [0.2, 0.25) is 5.02 Å². The van der Waals surface area contributed by atoms with Crippen molar-refractivity contribution < 1.29 is 14.3 Å². The van der Waals surface area contributed by atoms with Crippen molar-refractivity contribution >= 4 is 29.2 Å². The van der Waals surface area contributed by atoms with Gasteiger partial charge in [-0.05, 0) is 23.8 Å². The smallest absolute Gasteiger partial charge is 0.338 e. The lowest BCUT2D eigenvalue weighted by Gasteiger charge is -2.07. The molecule has 3 aromatic rings. The minimum atomic E-state index is -0.403. The average Bonchev–Trinajstić information content (AvgIpc) is 3.08. The summed E-state index contributed by atoms with van der Waals surface area (Å²) >= 11 is 6.03. The Morgan fingerprint density at radius 3 is 2.54 bits per heavy atom. The van der Waals surface area contributed by atoms with Crippen LogP contribution in [0.4, 0.5) is 5.69 Å². The Labute approximate surface area is 155 Å². The van der Waals surface area contributed by atoms with Crippen LogP contribution in [0.25, 0.3) is 0 Å². The van der Waals surface area contributed by atoms with Gasteiger partial charge in [0.2, 0.25) is 0 Å². The molecule has 26 heavy (non-hydrogen) atoms. The number of rotatable bonds is 5. The Bertz CT molecular complexity index is 952. The van der Waals surface area contributed by atoms with E-state index >= 15 is 0 Å². The van der Waals surface area contributed by atoms with Crippen LogP contribution in [0.15, 0.2) is 60.9 Å². The van der Waals surface area contributed by atoms with E-state index in [-0.39, 0.29) is 5.91 Å². The standard InChI is InChI=1S/C19H16ClN3O3/c1-26-19(25)15-7-3-2-6-13(15)11-23-12-14(10-21-23)22-18(24)16-8-4-5-9-17(16)20/h2-10,12H,11H2,1H3,(H,22,24). The Hall–Kier alpha value is -3.12. The number of anilines is 1. The van der Waals surface area contributed by atoms with Gasteiger partial charge in [0.1, 0.15) is 0 Å². The molecular formula is C19H16ClN3O3. The number of hydrogen-bond acceptors (Lipinski definition) is 4. The summed E-state index contributed by atoms with van der Waals surface area (Å²) in [5.41, 5.74) is 2.17. The molecule has 0 saturated heterocycles. The van der Waals surface area contributed by atoms with Crippen molar-refractivity contribution in [3.8, 4) is 0 Å². The maximum absolute atomic E-state index is 12.3. The fourth-order valence-corrected chi connectivity index (χ4v) is 2.72. The van der Waals surface area contributed by atoms with Crippen molar-refractivity contribution in [3.05, 3.63) is 82.6 Å². The lowest BCUT2D eigenvalue weighted by molar-refractivity contribution is 0.0599. The van der Waals surface area contributed by atoms with E-state index in [9.17, 15) is 9.59 Å².